The van der Waals surface area contributed by atoms with E-state index in [0.29, 0.717) is 22.7 Å². The van der Waals surface area contributed by atoms with E-state index in [-0.39, 0.29) is 13.2 Å². The lowest BCUT2D eigenvalue weighted by Crippen LogP contribution is -2.17. The van der Waals surface area contributed by atoms with Gasteiger partial charge < -0.3 is 19.9 Å². The second-order valence-electron chi connectivity index (χ2n) is 4.76. The van der Waals surface area contributed by atoms with E-state index in [2.05, 4.69) is 10.3 Å². The number of nitrogens with zero attached hydrogens (tertiary/aromatic N) is 1. The molecule has 1 atom stereocenters. The van der Waals surface area contributed by atoms with Crippen molar-refractivity contribution in [1.82, 2.24) is 4.98 Å². The van der Waals surface area contributed by atoms with Crippen LogP contribution < -0.4 is 10.1 Å². The topological polar surface area (TPSA) is 80.7 Å². The molecule has 122 valence electrons. The third-order valence-electron chi connectivity index (χ3n) is 3.26. The number of pyridine rings is 1. The van der Waals surface area contributed by atoms with Crippen LogP contribution in [0.15, 0.2) is 42.6 Å². The number of para-hydroxylation sites is 1. The molecule has 2 N–H and O–H groups in total. The molecule has 23 heavy (non-hydrogen) atoms. The number of rotatable bonds is 7. The van der Waals surface area contributed by atoms with E-state index < -0.39 is 12.1 Å². The van der Waals surface area contributed by atoms with Gasteiger partial charge in [-0.05, 0) is 25.1 Å². The number of aliphatic hydroxyl groups excluding tert-OH is 1. The van der Waals surface area contributed by atoms with E-state index >= 15 is 0 Å². The minimum atomic E-state index is -0.803. The predicted molar refractivity (Wildman–Crippen MR) is 86.6 cm³/mol. The van der Waals surface area contributed by atoms with Crippen molar-refractivity contribution in [2.45, 2.75) is 13.0 Å². The van der Waals surface area contributed by atoms with Crippen LogP contribution in [0.25, 0.3) is 0 Å². The molecule has 0 unspecified atom stereocenters. The maximum absolute atomic E-state index is 11.9. The molecule has 0 aliphatic carbocycles. The summed E-state index contributed by atoms with van der Waals surface area (Å²) in [6, 6.07) is 10.5. The van der Waals surface area contributed by atoms with Gasteiger partial charge in [0.05, 0.1) is 19.8 Å². The fourth-order valence-electron chi connectivity index (χ4n) is 2.16. The Bertz CT molecular complexity index is 661. The molecule has 1 aromatic carbocycles. The zero-order valence-electron chi connectivity index (χ0n) is 13.2. The highest BCUT2D eigenvalue weighted by molar-refractivity contribution is 5.94. The lowest BCUT2D eigenvalue weighted by molar-refractivity contribution is 0.0527. The number of hydrogen-bond donors (Lipinski definition) is 2. The molecule has 0 bridgehead atoms. The molecule has 2 aromatic rings. The molecule has 0 fully saturated rings. The maximum Gasteiger partial charge on any atom is 0.341 e. The van der Waals surface area contributed by atoms with Gasteiger partial charge in [-0.3, -0.25) is 0 Å². The van der Waals surface area contributed by atoms with E-state index in [0.717, 1.165) is 0 Å². The summed E-state index contributed by atoms with van der Waals surface area (Å²) in [5, 5.41) is 13.3. The fourth-order valence-corrected chi connectivity index (χ4v) is 2.16. The first-order chi connectivity index (χ1) is 11.2. The predicted octanol–water partition coefficient (Wildman–Crippen LogP) is 2.41. The smallest absolute Gasteiger partial charge is 0.341 e. The van der Waals surface area contributed by atoms with Gasteiger partial charge in [0, 0.05) is 18.3 Å². The number of methoxy groups -OCH3 is 1. The molecule has 0 radical (unpaired) electrons. The Kier molecular flexibility index (Phi) is 5.94. The van der Waals surface area contributed by atoms with Crippen LogP contribution in [0.5, 0.6) is 5.75 Å². The van der Waals surface area contributed by atoms with Crippen LogP contribution in [0.1, 0.15) is 28.9 Å². The first-order valence-electron chi connectivity index (χ1n) is 7.34. The average Bonchev–Trinajstić information content (AvgIpc) is 2.60. The molecule has 1 heterocycles. The van der Waals surface area contributed by atoms with Crippen molar-refractivity contribution in [2.24, 2.45) is 0 Å². The quantitative estimate of drug-likeness (QED) is 0.764. The fraction of sp³-hybridized carbons (Fsp3) is 0.294. The first kappa shape index (κ1) is 16.8. The Morgan fingerprint density at radius 1 is 1.30 bits per heavy atom. The van der Waals surface area contributed by atoms with Crippen LogP contribution in [-0.2, 0) is 4.74 Å². The number of benzene rings is 1. The van der Waals surface area contributed by atoms with Crippen molar-refractivity contribution in [3.05, 3.63) is 53.7 Å². The summed E-state index contributed by atoms with van der Waals surface area (Å²) in [5.41, 5.74) is 0.998. The molecule has 0 spiro atoms. The van der Waals surface area contributed by atoms with E-state index in [1.807, 2.05) is 12.1 Å². The van der Waals surface area contributed by atoms with Crippen molar-refractivity contribution < 1.29 is 19.4 Å². The highest BCUT2D eigenvalue weighted by atomic mass is 16.5. The summed E-state index contributed by atoms with van der Waals surface area (Å²) in [7, 11) is 1.55. The highest BCUT2D eigenvalue weighted by Gasteiger charge is 2.16. The molecule has 0 aliphatic heterocycles. The van der Waals surface area contributed by atoms with Gasteiger partial charge in [-0.25, -0.2) is 9.78 Å². The summed E-state index contributed by atoms with van der Waals surface area (Å²) in [6.07, 6.45) is 0.767. The third kappa shape index (κ3) is 4.20. The zero-order chi connectivity index (χ0) is 16.7. The van der Waals surface area contributed by atoms with Gasteiger partial charge >= 0.3 is 5.97 Å². The number of hydrogen-bond acceptors (Lipinski definition) is 6. The maximum atomic E-state index is 11.9. The number of carbonyl (C=O) groups is 1. The summed E-state index contributed by atoms with van der Waals surface area (Å²) < 4.78 is 10.2. The van der Waals surface area contributed by atoms with Gasteiger partial charge in [0.25, 0.3) is 0 Å². The number of carbonyl (C=O) groups excluding carboxylic acids is 1. The Labute approximate surface area is 135 Å². The van der Waals surface area contributed by atoms with Crippen LogP contribution >= 0.6 is 0 Å². The molecule has 0 saturated heterocycles. The molecule has 6 nitrogen and oxygen atoms in total. The molecule has 0 saturated carbocycles. The van der Waals surface area contributed by atoms with Crippen molar-refractivity contribution in [3.63, 3.8) is 0 Å². The average molecular weight is 316 g/mol. The molecule has 6 heteroatoms. The van der Waals surface area contributed by atoms with Crippen LogP contribution in [-0.4, -0.2) is 36.3 Å². The summed E-state index contributed by atoms with van der Waals surface area (Å²) >= 11 is 0. The second kappa shape index (κ2) is 8.14. The number of nitrogens with one attached hydrogen (secondary N) is 1. The Hall–Kier alpha value is -2.60. The number of aromatic nitrogens is 1. The molecule has 0 amide bonds. The van der Waals surface area contributed by atoms with Gasteiger partial charge in [-0.15, -0.1) is 0 Å². The molecular formula is C17H20N2O4. The first-order valence-corrected chi connectivity index (χ1v) is 7.34. The molecule has 2 rings (SSSR count). The van der Waals surface area contributed by atoms with Crippen LogP contribution in [0.4, 0.5) is 5.82 Å². The van der Waals surface area contributed by atoms with E-state index in [1.54, 1.807) is 44.5 Å². The standard InChI is InChI=1S/C17H20N2O4/c1-3-23-17(21)13-8-6-10-18-16(13)19-11-14(20)12-7-4-5-9-15(12)22-2/h4-10,14,20H,3,11H2,1-2H3,(H,18,19)/t14-/m1/s1. The third-order valence-corrected chi connectivity index (χ3v) is 3.26. The van der Waals surface area contributed by atoms with Crippen molar-refractivity contribution in [2.75, 3.05) is 25.6 Å². The van der Waals surface area contributed by atoms with Crippen LogP contribution in [0, 0.1) is 0 Å². The minimum Gasteiger partial charge on any atom is -0.496 e. The Morgan fingerprint density at radius 3 is 2.83 bits per heavy atom. The normalized spacial score (nSPS) is 11.6. The van der Waals surface area contributed by atoms with Gasteiger partial charge in [0.1, 0.15) is 17.1 Å². The second-order valence-corrected chi connectivity index (χ2v) is 4.76. The lowest BCUT2D eigenvalue weighted by atomic mass is 10.1. The van der Waals surface area contributed by atoms with Crippen molar-refractivity contribution in [3.8, 4) is 5.75 Å². The van der Waals surface area contributed by atoms with Crippen LogP contribution in [0.2, 0.25) is 0 Å². The number of esters is 1. The number of aliphatic hydroxyl groups is 1. The molecule has 1 aromatic heterocycles. The molecule has 0 aliphatic rings. The largest absolute Gasteiger partial charge is 0.496 e. The van der Waals surface area contributed by atoms with Gasteiger partial charge in [0.15, 0.2) is 0 Å². The highest BCUT2D eigenvalue weighted by Crippen LogP contribution is 2.25. The van der Waals surface area contributed by atoms with E-state index in [1.165, 1.54) is 0 Å². The van der Waals surface area contributed by atoms with Gasteiger partial charge in [-0.1, -0.05) is 18.2 Å². The lowest BCUT2D eigenvalue weighted by Gasteiger charge is -2.16. The van der Waals surface area contributed by atoms with Crippen molar-refractivity contribution in [1.29, 1.82) is 0 Å². The SMILES string of the molecule is CCOC(=O)c1cccnc1NC[C@@H](O)c1ccccc1OC. The Morgan fingerprint density at radius 2 is 2.09 bits per heavy atom. The Balaban J connectivity index is 2.10. The van der Waals surface area contributed by atoms with Gasteiger partial charge in [0.2, 0.25) is 0 Å². The van der Waals surface area contributed by atoms with E-state index in [9.17, 15) is 9.90 Å². The van der Waals surface area contributed by atoms with Crippen molar-refractivity contribution >= 4 is 11.8 Å². The minimum absolute atomic E-state index is 0.184. The molecular weight excluding hydrogens is 296 g/mol. The summed E-state index contributed by atoms with van der Waals surface area (Å²) in [6.45, 7) is 2.22. The number of anilines is 1. The summed E-state index contributed by atoms with van der Waals surface area (Å²) in [4.78, 5) is 16.0. The van der Waals surface area contributed by atoms with Gasteiger partial charge in [-0.2, -0.15) is 0 Å². The zero-order valence-corrected chi connectivity index (χ0v) is 13.2. The number of ether oxygens (including phenoxy) is 2. The monoisotopic (exact) mass is 316 g/mol. The van der Waals surface area contributed by atoms with Crippen LogP contribution in [0.3, 0.4) is 0 Å². The van der Waals surface area contributed by atoms with E-state index in [4.69, 9.17) is 9.47 Å². The summed E-state index contributed by atoms with van der Waals surface area (Å²) in [5.74, 6) is 0.531.